The van der Waals surface area contributed by atoms with Gasteiger partial charge in [0, 0.05) is 32.1 Å². The maximum Gasteiger partial charge on any atom is 0.126 e. The lowest BCUT2D eigenvalue weighted by molar-refractivity contribution is 0.307. The van der Waals surface area contributed by atoms with Gasteiger partial charge in [-0.1, -0.05) is 72.8 Å². The van der Waals surface area contributed by atoms with Crippen molar-refractivity contribution in [3.63, 3.8) is 0 Å². The molecule has 5 heteroatoms. The second-order valence-electron chi connectivity index (χ2n) is 9.50. The van der Waals surface area contributed by atoms with Gasteiger partial charge in [0.15, 0.2) is 0 Å². The third kappa shape index (κ3) is 5.10. The van der Waals surface area contributed by atoms with Crippen molar-refractivity contribution in [2.75, 3.05) is 6.61 Å². The second-order valence-corrected chi connectivity index (χ2v) is 9.50. The van der Waals surface area contributed by atoms with E-state index in [9.17, 15) is 15.3 Å². The average molecular weight is 492 g/mol. The van der Waals surface area contributed by atoms with Gasteiger partial charge in [0.05, 0.1) is 12.7 Å². The molecule has 5 rings (SSSR count). The Morgan fingerprint density at radius 2 is 0.892 bits per heavy atom. The van der Waals surface area contributed by atoms with Crippen molar-refractivity contribution in [2.24, 2.45) is 0 Å². The number of nitriles is 1. The van der Waals surface area contributed by atoms with Crippen LogP contribution < -0.4 is 4.74 Å². The largest absolute Gasteiger partial charge is 0.507 e. The third-order valence-electron chi connectivity index (χ3n) is 6.99. The third-order valence-corrected chi connectivity index (χ3v) is 6.99. The molecule has 0 aromatic heterocycles. The number of phenols is 3. The van der Waals surface area contributed by atoms with Gasteiger partial charge in [0.2, 0.25) is 0 Å². The van der Waals surface area contributed by atoms with Gasteiger partial charge < -0.3 is 20.1 Å². The van der Waals surface area contributed by atoms with Gasteiger partial charge >= 0.3 is 0 Å². The molecule has 0 spiro atoms. The maximum atomic E-state index is 11.2. The number of para-hydroxylation sites is 4. The summed E-state index contributed by atoms with van der Waals surface area (Å²) in [4.78, 5) is 0. The fourth-order valence-corrected chi connectivity index (χ4v) is 5.04. The smallest absolute Gasteiger partial charge is 0.126 e. The molecule has 0 saturated carbocycles. The quantitative estimate of drug-likeness (QED) is 0.262. The molecular weight excluding hydrogens is 462 g/mol. The highest BCUT2D eigenvalue weighted by molar-refractivity contribution is 5.54. The molecular formula is C32H29NO4. The summed E-state index contributed by atoms with van der Waals surface area (Å²) in [6.07, 6.45) is 2.70. The molecule has 1 aliphatic carbocycles. The number of rotatable bonds is 4. The van der Waals surface area contributed by atoms with Gasteiger partial charge in [0.1, 0.15) is 23.0 Å². The Kier molecular flexibility index (Phi) is 7.00. The summed E-state index contributed by atoms with van der Waals surface area (Å²) < 4.78 is 6.24. The van der Waals surface area contributed by atoms with E-state index in [-0.39, 0.29) is 17.2 Å². The molecule has 37 heavy (non-hydrogen) atoms. The van der Waals surface area contributed by atoms with Crippen LogP contribution in [0, 0.1) is 11.3 Å². The van der Waals surface area contributed by atoms with Crippen LogP contribution in [0.4, 0.5) is 0 Å². The molecule has 0 radical (unpaired) electrons. The minimum Gasteiger partial charge on any atom is -0.507 e. The summed E-state index contributed by atoms with van der Waals surface area (Å²) in [5, 5.41) is 42.4. The van der Waals surface area contributed by atoms with Gasteiger partial charge in [-0.2, -0.15) is 5.26 Å². The van der Waals surface area contributed by atoms with E-state index in [2.05, 4.69) is 6.07 Å². The number of nitrogens with zero attached hydrogens (tertiary/aromatic N) is 1. The van der Waals surface area contributed by atoms with E-state index in [1.807, 2.05) is 72.8 Å². The van der Waals surface area contributed by atoms with E-state index in [0.29, 0.717) is 45.1 Å². The van der Waals surface area contributed by atoms with Crippen molar-refractivity contribution >= 4 is 0 Å². The Bertz CT molecular complexity index is 1390. The normalized spacial score (nSPS) is 12.5. The molecule has 0 amide bonds. The van der Waals surface area contributed by atoms with Gasteiger partial charge in [-0.25, -0.2) is 0 Å². The Balaban J connectivity index is 1.66. The molecule has 186 valence electrons. The van der Waals surface area contributed by atoms with Crippen molar-refractivity contribution in [1.29, 1.82) is 5.26 Å². The Labute approximate surface area is 216 Å². The summed E-state index contributed by atoms with van der Waals surface area (Å²) in [6, 6.07) is 25.1. The first kappa shape index (κ1) is 24.3. The molecule has 0 aliphatic heterocycles. The predicted octanol–water partition coefficient (Wildman–Crippen LogP) is 6.16. The van der Waals surface area contributed by atoms with Crippen molar-refractivity contribution < 1.29 is 20.1 Å². The molecule has 4 aromatic carbocycles. The minimum absolute atomic E-state index is 0.183. The Morgan fingerprint density at radius 3 is 1.24 bits per heavy atom. The maximum absolute atomic E-state index is 11.2. The molecule has 0 heterocycles. The highest BCUT2D eigenvalue weighted by Gasteiger charge is 2.19. The number of ether oxygens (including phenoxy) is 1. The van der Waals surface area contributed by atoms with Gasteiger partial charge in [-0.3, -0.25) is 0 Å². The fourth-order valence-electron chi connectivity index (χ4n) is 5.04. The van der Waals surface area contributed by atoms with E-state index in [0.717, 1.165) is 50.3 Å². The Hall–Kier alpha value is -4.43. The summed E-state index contributed by atoms with van der Waals surface area (Å²) >= 11 is 0. The monoisotopic (exact) mass is 491 g/mol. The second kappa shape index (κ2) is 10.7. The van der Waals surface area contributed by atoms with Crippen molar-refractivity contribution in [1.82, 2.24) is 0 Å². The SMILES string of the molecule is N#CCCCOc1c2cccc1Cc1cccc(c1O)Cc1cccc(c1O)Cc1cccc(c1O)C2. The van der Waals surface area contributed by atoms with E-state index in [1.165, 1.54) is 0 Å². The van der Waals surface area contributed by atoms with Crippen LogP contribution in [-0.2, 0) is 25.7 Å². The number of hydrogen-bond acceptors (Lipinski definition) is 5. The fraction of sp³-hybridized carbons (Fsp3) is 0.219. The minimum atomic E-state index is 0.183. The number of fused-ring (bicyclic) bond motifs is 8. The van der Waals surface area contributed by atoms with Crippen molar-refractivity contribution in [3.8, 4) is 29.1 Å². The number of benzene rings is 4. The lowest BCUT2D eigenvalue weighted by atomic mass is 9.91. The number of hydrogen-bond donors (Lipinski definition) is 3. The van der Waals surface area contributed by atoms with Crippen LogP contribution in [0.3, 0.4) is 0 Å². The molecule has 0 atom stereocenters. The topological polar surface area (TPSA) is 93.7 Å². The summed E-state index contributed by atoms with van der Waals surface area (Å²) in [5.74, 6) is 1.33. The highest BCUT2D eigenvalue weighted by Crippen LogP contribution is 2.37. The molecule has 0 saturated heterocycles. The molecule has 0 unspecified atom stereocenters. The molecule has 5 nitrogen and oxygen atoms in total. The van der Waals surface area contributed by atoms with Gasteiger partial charge in [-0.05, 0) is 50.9 Å². The summed E-state index contributed by atoms with van der Waals surface area (Å²) in [7, 11) is 0. The molecule has 8 bridgehead atoms. The summed E-state index contributed by atoms with van der Waals surface area (Å²) in [5.41, 5.74) is 6.29. The van der Waals surface area contributed by atoms with Gasteiger partial charge in [0.25, 0.3) is 0 Å². The van der Waals surface area contributed by atoms with E-state index >= 15 is 0 Å². The first-order valence-electron chi connectivity index (χ1n) is 12.5. The number of aromatic hydroxyl groups is 3. The number of phenolic OH excluding ortho intramolecular Hbond substituents is 3. The zero-order valence-corrected chi connectivity index (χ0v) is 20.6. The predicted molar refractivity (Wildman–Crippen MR) is 142 cm³/mol. The molecule has 3 N–H and O–H groups in total. The van der Waals surface area contributed by atoms with Crippen LogP contribution >= 0.6 is 0 Å². The lowest BCUT2D eigenvalue weighted by Gasteiger charge is -2.19. The molecule has 4 aromatic rings. The first-order valence-corrected chi connectivity index (χ1v) is 12.5. The highest BCUT2D eigenvalue weighted by atomic mass is 16.5. The lowest BCUT2D eigenvalue weighted by Crippen LogP contribution is -2.06. The first-order chi connectivity index (χ1) is 18.0. The van der Waals surface area contributed by atoms with Gasteiger partial charge in [-0.15, -0.1) is 0 Å². The van der Waals surface area contributed by atoms with Crippen LogP contribution in [0.2, 0.25) is 0 Å². The molecule has 0 fully saturated rings. The average Bonchev–Trinajstić information content (AvgIpc) is 2.89. The van der Waals surface area contributed by atoms with Crippen LogP contribution in [0.15, 0.2) is 72.8 Å². The van der Waals surface area contributed by atoms with Crippen LogP contribution in [0.1, 0.15) is 57.3 Å². The number of unbranched alkanes of at least 4 members (excludes halogenated alkanes) is 1. The van der Waals surface area contributed by atoms with E-state index in [1.54, 1.807) is 0 Å². The zero-order chi connectivity index (χ0) is 25.8. The van der Waals surface area contributed by atoms with Crippen LogP contribution in [0.5, 0.6) is 23.0 Å². The Morgan fingerprint density at radius 1 is 0.568 bits per heavy atom. The van der Waals surface area contributed by atoms with Crippen LogP contribution in [0.25, 0.3) is 0 Å². The van der Waals surface area contributed by atoms with E-state index < -0.39 is 0 Å². The summed E-state index contributed by atoms with van der Waals surface area (Å²) in [6.45, 7) is 0.406. The van der Waals surface area contributed by atoms with E-state index in [4.69, 9.17) is 10.00 Å². The molecule has 1 aliphatic rings. The van der Waals surface area contributed by atoms with Crippen LogP contribution in [-0.4, -0.2) is 21.9 Å². The standard InChI is InChI=1S/C32H29NO4/c33-15-1-2-16-37-32-27-13-6-14-28(32)20-26-12-5-10-24(31(26)36)18-22-8-3-7-21(29(22)34)17-23-9-4-11-25(19-27)30(23)35/h3-14,34-36H,1-2,16-20H2. The zero-order valence-electron chi connectivity index (χ0n) is 20.6. The van der Waals surface area contributed by atoms with Crippen molar-refractivity contribution in [2.45, 2.75) is 38.5 Å². The van der Waals surface area contributed by atoms with Crippen molar-refractivity contribution in [3.05, 3.63) is 117 Å².